The van der Waals surface area contributed by atoms with Crippen molar-refractivity contribution in [3.63, 3.8) is 0 Å². The maximum Gasteiger partial charge on any atom is 0.303 e. The van der Waals surface area contributed by atoms with Crippen molar-refractivity contribution in [2.75, 3.05) is 26.9 Å². The van der Waals surface area contributed by atoms with Crippen LogP contribution >= 0.6 is 15.9 Å². The van der Waals surface area contributed by atoms with Crippen molar-refractivity contribution in [3.05, 3.63) is 45.0 Å². The van der Waals surface area contributed by atoms with Crippen molar-refractivity contribution in [1.82, 2.24) is 4.90 Å². The lowest BCUT2D eigenvalue weighted by molar-refractivity contribution is -0.141. The summed E-state index contributed by atoms with van der Waals surface area (Å²) in [5.74, 6) is -3.39. The first-order chi connectivity index (χ1) is 19.1. The number of phenolic OH excluding ortho intramolecular Hbond substituents is 1. The summed E-state index contributed by atoms with van der Waals surface area (Å²) in [5, 5.41) is 40.9. The zero-order valence-electron chi connectivity index (χ0n) is 23.1. The number of unbranched alkanes of at least 4 members (excludes halogenated alkanes) is 2. The molecule has 2 aliphatic rings. The second kappa shape index (κ2) is 14.9. The van der Waals surface area contributed by atoms with Gasteiger partial charge in [-0.2, -0.15) is 0 Å². The minimum absolute atomic E-state index is 0.0459. The predicted molar refractivity (Wildman–Crippen MR) is 153 cm³/mol. The number of hydrogen-bond acceptors (Lipinski definition) is 7. The van der Waals surface area contributed by atoms with E-state index in [-0.39, 0.29) is 50.2 Å². The van der Waals surface area contributed by atoms with E-state index in [4.69, 9.17) is 9.84 Å². The van der Waals surface area contributed by atoms with Crippen molar-refractivity contribution in [1.29, 1.82) is 0 Å². The molecule has 0 spiro atoms. The molecule has 3 rings (SSSR count). The van der Waals surface area contributed by atoms with Gasteiger partial charge in [-0.1, -0.05) is 40.9 Å². The van der Waals surface area contributed by atoms with Gasteiger partial charge in [-0.3, -0.25) is 19.3 Å². The van der Waals surface area contributed by atoms with Crippen LogP contribution in [0.25, 0.3) is 6.08 Å². The number of aliphatic carboxylic acids is 1. The number of nitrogens with zero attached hydrogens (tertiary/aromatic N) is 1. The number of rotatable bonds is 15. The van der Waals surface area contributed by atoms with Crippen molar-refractivity contribution < 1.29 is 39.5 Å². The molecule has 4 N–H and O–H groups in total. The average Bonchev–Trinajstić information content (AvgIpc) is 3.16. The molecular formula is C30H40BrNO8. The largest absolute Gasteiger partial charge is 0.507 e. The SMILES string of the molecule is CC/C(=C\c1cc(Br)ccc1O)CC[C@@H](O)C1=C(COC)C[C@H]2C(=O)N(CCCCCC(=O)O)C(=O)[C@H]2[C@H]1CO. The molecule has 0 aromatic heterocycles. The number of amides is 2. The van der Waals surface area contributed by atoms with Crippen molar-refractivity contribution in [2.24, 2.45) is 17.8 Å². The third-order valence-corrected chi connectivity index (χ3v) is 8.46. The molecule has 0 unspecified atom stereocenters. The molecule has 1 aromatic rings. The number of halogens is 1. The number of carbonyl (C=O) groups excluding carboxylic acids is 2. The topological polar surface area (TPSA) is 145 Å². The Morgan fingerprint density at radius 3 is 2.60 bits per heavy atom. The smallest absolute Gasteiger partial charge is 0.303 e. The Labute approximate surface area is 243 Å². The Hall–Kier alpha value is -2.53. The van der Waals surface area contributed by atoms with Crippen LogP contribution in [0.5, 0.6) is 5.75 Å². The summed E-state index contributed by atoms with van der Waals surface area (Å²) >= 11 is 3.42. The number of aliphatic hydroxyl groups excluding tert-OH is 2. The zero-order valence-corrected chi connectivity index (χ0v) is 24.7. The van der Waals surface area contributed by atoms with Crippen molar-refractivity contribution in [2.45, 2.75) is 64.4 Å². The Bertz CT molecular complexity index is 1150. The van der Waals surface area contributed by atoms with Crippen LogP contribution in [0, 0.1) is 17.8 Å². The molecule has 0 saturated carbocycles. The lowest BCUT2D eigenvalue weighted by atomic mass is 9.68. The number of likely N-dealkylation sites (tertiary alicyclic amines) is 1. The van der Waals surface area contributed by atoms with E-state index in [2.05, 4.69) is 15.9 Å². The molecule has 1 aliphatic heterocycles. The van der Waals surface area contributed by atoms with Gasteiger partial charge in [-0.15, -0.1) is 0 Å². The highest BCUT2D eigenvalue weighted by atomic mass is 79.9. The van der Waals surface area contributed by atoms with Crippen LogP contribution in [-0.4, -0.2) is 76.1 Å². The van der Waals surface area contributed by atoms with Crippen LogP contribution in [0.3, 0.4) is 0 Å². The number of fused-ring (bicyclic) bond motifs is 1. The minimum Gasteiger partial charge on any atom is -0.507 e. The molecule has 2 amide bonds. The lowest BCUT2D eigenvalue weighted by Gasteiger charge is -2.36. The number of carboxylic acids is 1. The number of methoxy groups -OCH3 is 1. The standard InChI is InChI=1S/C30H40BrNO8/c1-3-18(13-19-14-21(31)9-11-24(19)34)8-10-25(35)27-20(17-40-2)15-22-28(23(27)16-33)30(39)32(29(22)38)12-6-4-5-7-26(36)37/h9,11,13-14,22-23,25,28,33-35H,3-8,10,12,15-17H2,1-2H3,(H,36,37)/b18-13+/t22-,23+,25-,28-/m1/s1. The van der Waals surface area contributed by atoms with Gasteiger partial charge < -0.3 is 25.2 Å². The Balaban J connectivity index is 1.77. The molecule has 9 nitrogen and oxygen atoms in total. The van der Waals surface area contributed by atoms with E-state index in [9.17, 15) is 29.7 Å². The number of carboxylic acid groups (broad SMARTS) is 1. The van der Waals surface area contributed by atoms with E-state index in [1.165, 1.54) is 12.0 Å². The summed E-state index contributed by atoms with van der Waals surface area (Å²) in [5.41, 5.74) is 3.02. The second-order valence-corrected chi connectivity index (χ2v) is 11.5. The van der Waals surface area contributed by atoms with Gasteiger partial charge in [0.2, 0.25) is 11.8 Å². The van der Waals surface area contributed by atoms with Gasteiger partial charge in [0.05, 0.1) is 31.2 Å². The van der Waals surface area contributed by atoms with Crippen LogP contribution in [0.1, 0.15) is 63.9 Å². The number of phenols is 1. The summed E-state index contributed by atoms with van der Waals surface area (Å²) in [4.78, 5) is 38.7. The second-order valence-electron chi connectivity index (χ2n) is 10.6. The van der Waals surface area contributed by atoms with Gasteiger partial charge in [0.1, 0.15) is 5.75 Å². The lowest BCUT2D eigenvalue weighted by Crippen LogP contribution is -2.39. The highest BCUT2D eigenvalue weighted by molar-refractivity contribution is 9.10. The van der Waals surface area contributed by atoms with Gasteiger partial charge in [0.15, 0.2) is 0 Å². The number of allylic oxidation sites excluding steroid dienone is 1. The monoisotopic (exact) mass is 621 g/mol. The Kier molecular flexibility index (Phi) is 11.9. The maximum absolute atomic E-state index is 13.4. The average molecular weight is 623 g/mol. The summed E-state index contributed by atoms with van der Waals surface area (Å²) in [6, 6.07) is 5.20. The van der Waals surface area contributed by atoms with Gasteiger partial charge in [-0.25, -0.2) is 0 Å². The van der Waals surface area contributed by atoms with E-state index in [1.807, 2.05) is 19.1 Å². The molecule has 1 aromatic carbocycles. The van der Waals surface area contributed by atoms with Crippen LogP contribution in [-0.2, 0) is 19.1 Å². The summed E-state index contributed by atoms with van der Waals surface area (Å²) in [6.45, 7) is 2.02. The third-order valence-electron chi connectivity index (χ3n) is 7.96. The summed E-state index contributed by atoms with van der Waals surface area (Å²) in [7, 11) is 1.53. The number of carbonyl (C=O) groups is 3. The van der Waals surface area contributed by atoms with E-state index < -0.39 is 29.8 Å². The summed E-state index contributed by atoms with van der Waals surface area (Å²) < 4.78 is 6.24. The number of aliphatic hydroxyl groups is 2. The normalized spacial score (nSPS) is 22.2. The molecule has 1 aliphatic carbocycles. The fraction of sp³-hybridized carbons (Fsp3) is 0.567. The zero-order chi connectivity index (χ0) is 29.4. The first-order valence-corrected chi connectivity index (χ1v) is 14.7. The van der Waals surface area contributed by atoms with Crippen LogP contribution in [0.15, 0.2) is 39.4 Å². The van der Waals surface area contributed by atoms with Gasteiger partial charge in [0.25, 0.3) is 0 Å². The Morgan fingerprint density at radius 2 is 1.95 bits per heavy atom. The van der Waals surface area contributed by atoms with Crippen molar-refractivity contribution >= 4 is 39.8 Å². The van der Waals surface area contributed by atoms with E-state index in [0.717, 1.165) is 15.6 Å². The number of aromatic hydroxyl groups is 1. The van der Waals surface area contributed by atoms with Gasteiger partial charge in [-0.05, 0) is 67.9 Å². The molecule has 1 heterocycles. The molecule has 0 radical (unpaired) electrons. The predicted octanol–water partition coefficient (Wildman–Crippen LogP) is 4.29. The van der Waals surface area contributed by atoms with Crippen molar-refractivity contribution in [3.8, 4) is 5.75 Å². The maximum atomic E-state index is 13.4. The van der Waals surface area contributed by atoms with Crippen LogP contribution < -0.4 is 0 Å². The van der Waals surface area contributed by atoms with E-state index in [1.54, 1.807) is 12.1 Å². The molecule has 0 bridgehead atoms. The van der Waals surface area contributed by atoms with E-state index >= 15 is 0 Å². The highest BCUT2D eigenvalue weighted by Gasteiger charge is 2.54. The van der Waals surface area contributed by atoms with E-state index in [0.29, 0.717) is 49.7 Å². The fourth-order valence-corrected chi connectivity index (χ4v) is 6.34. The highest BCUT2D eigenvalue weighted by Crippen LogP contribution is 2.46. The number of ether oxygens (including phenoxy) is 1. The Morgan fingerprint density at radius 1 is 1.20 bits per heavy atom. The molecule has 10 heteroatoms. The molecule has 40 heavy (non-hydrogen) atoms. The number of benzene rings is 1. The first-order valence-electron chi connectivity index (χ1n) is 13.9. The fourth-order valence-electron chi connectivity index (χ4n) is 5.96. The van der Waals surface area contributed by atoms with Crippen LogP contribution in [0.4, 0.5) is 0 Å². The van der Waals surface area contributed by atoms with Gasteiger partial charge in [0, 0.05) is 36.0 Å². The number of imide groups is 1. The number of hydrogen-bond donors (Lipinski definition) is 4. The first kappa shape index (κ1) is 32.0. The molecule has 1 saturated heterocycles. The van der Waals surface area contributed by atoms with Crippen LogP contribution in [0.2, 0.25) is 0 Å². The minimum atomic E-state index is -0.942. The quantitative estimate of drug-likeness (QED) is 0.129. The molecule has 1 fully saturated rings. The molecule has 4 atom stereocenters. The van der Waals surface area contributed by atoms with Gasteiger partial charge >= 0.3 is 5.97 Å². The summed E-state index contributed by atoms with van der Waals surface area (Å²) in [6.07, 6.45) is 4.47. The molecule has 220 valence electrons. The third kappa shape index (κ3) is 7.60. The molecular weight excluding hydrogens is 582 g/mol.